The summed E-state index contributed by atoms with van der Waals surface area (Å²) < 4.78 is 0. The Labute approximate surface area is 192 Å². The van der Waals surface area contributed by atoms with Crippen molar-refractivity contribution in [1.82, 2.24) is 15.6 Å². The number of amides is 2. The van der Waals surface area contributed by atoms with E-state index in [0.717, 1.165) is 35.7 Å². The number of carbonyl (C=O) groups is 2. The number of rotatable bonds is 6. The van der Waals surface area contributed by atoms with Crippen LogP contribution in [0.15, 0.2) is 65.8 Å². The molecule has 2 amide bonds. The number of aliphatic imine (C=N–C) groups is 1. The van der Waals surface area contributed by atoms with Crippen LogP contribution in [0, 0.1) is 13.8 Å². The topological polar surface area (TPSA) is 108 Å². The first-order valence-electron chi connectivity index (χ1n) is 10.7. The Hall–Kier alpha value is -4.20. The zero-order valence-corrected chi connectivity index (χ0v) is 18.6. The number of anilines is 2. The van der Waals surface area contributed by atoms with Crippen molar-refractivity contribution in [3.05, 3.63) is 88.6 Å². The van der Waals surface area contributed by atoms with Crippen molar-refractivity contribution in [2.45, 2.75) is 20.4 Å². The van der Waals surface area contributed by atoms with Gasteiger partial charge in [0.15, 0.2) is 5.96 Å². The number of hydrogen-bond acceptors (Lipinski definition) is 6. The summed E-state index contributed by atoms with van der Waals surface area (Å²) in [7, 11) is 0. The maximum atomic E-state index is 12.9. The number of nitrogens with zero attached hydrogens (tertiary/aromatic N) is 2. The van der Waals surface area contributed by atoms with E-state index in [-0.39, 0.29) is 11.8 Å². The van der Waals surface area contributed by atoms with Crippen molar-refractivity contribution < 1.29 is 9.59 Å². The Kier molecular flexibility index (Phi) is 6.64. The highest BCUT2D eigenvalue weighted by Gasteiger charge is 2.16. The maximum absolute atomic E-state index is 12.9. The molecule has 4 rings (SSSR count). The number of nitrogens with one attached hydrogen (secondary N) is 4. The zero-order chi connectivity index (χ0) is 23.2. The van der Waals surface area contributed by atoms with E-state index in [1.54, 1.807) is 36.5 Å². The van der Waals surface area contributed by atoms with Crippen LogP contribution in [0.2, 0.25) is 0 Å². The maximum Gasteiger partial charge on any atom is 0.258 e. The first kappa shape index (κ1) is 22.0. The second kappa shape index (κ2) is 9.95. The van der Waals surface area contributed by atoms with Gasteiger partial charge >= 0.3 is 0 Å². The summed E-state index contributed by atoms with van der Waals surface area (Å²) in [6.07, 6.45) is 1.69. The Bertz CT molecular complexity index is 1190. The van der Waals surface area contributed by atoms with Crippen LogP contribution in [0.25, 0.3) is 0 Å². The van der Waals surface area contributed by atoms with Gasteiger partial charge in [-0.15, -0.1) is 0 Å². The number of carbonyl (C=O) groups excluding carboxylic acids is 2. The first-order valence-corrected chi connectivity index (χ1v) is 10.7. The van der Waals surface area contributed by atoms with E-state index in [0.29, 0.717) is 29.2 Å². The average molecular weight is 443 g/mol. The molecule has 1 aromatic heterocycles. The molecule has 3 aromatic rings. The molecule has 168 valence electrons. The van der Waals surface area contributed by atoms with Gasteiger partial charge in [0.05, 0.1) is 17.8 Å². The zero-order valence-electron chi connectivity index (χ0n) is 18.6. The minimum absolute atomic E-state index is 0.289. The molecule has 0 spiro atoms. The van der Waals surface area contributed by atoms with Crippen LogP contribution in [0.4, 0.5) is 11.5 Å². The summed E-state index contributed by atoms with van der Waals surface area (Å²) in [4.78, 5) is 34.3. The first-order chi connectivity index (χ1) is 16.0. The van der Waals surface area contributed by atoms with E-state index >= 15 is 0 Å². The lowest BCUT2D eigenvalue weighted by Crippen LogP contribution is -2.33. The Morgan fingerprint density at radius 2 is 1.73 bits per heavy atom. The molecule has 0 atom stereocenters. The fraction of sp³-hybridized carbons (Fsp3) is 0.200. The van der Waals surface area contributed by atoms with Gasteiger partial charge < -0.3 is 21.3 Å². The largest absolute Gasteiger partial charge is 0.355 e. The minimum atomic E-state index is -0.338. The highest BCUT2D eigenvalue weighted by Crippen LogP contribution is 2.20. The van der Waals surface area contributed by atoms with Crippen molar-refractivity contribution in [3.8, 4) is 0 Å². The summed E-state index contributed by atoms with van der Waals surface area (Å²) in [5.74, 6) is 0.619. The Morgan fingerprint density at radius 3 is 2.42 bits per heavy atom. The molecule has 0 bridgehead atoms. The van der Waals surface area contributed by atoms with E-state index in [9.17, 15) is 9.59 Å². The molecule has 8 heteroatoms. The molecule has 33 heavy (non-hydrogen) atoms. The summed E-state index contributed by atoms with van der Waals surface area (Å²) >= 11 is 0. The molecule has 2 heterocycles. The third-order valence-corrected chi connectivity index (χ3v) is 5.17. The molecule has 0 unspecified atom stereocenters. The van der Waals surface area contributed by atoms with Crippen LogP contribution < -0.4 is 21.3 Å². The molecule has 8 nitrogen and oxygen atoms in total. The molecule has 2 aromatic carbocycles. The number of guanidine groups is 1. The number of hydrogen-bond donors (Lipinski definition) is 4. The lowest BCUT2D eigenvalue weighted by atomic mass is 10.1. The number of benzene rings is 2. The molecule has 0 fully saturated rings. The van der Waals surface area contributed by atoms with Gasteiger partial charge in [-0.25, -0.2) is 4.98 Å². The highest BCUT2D eigenvalue weighted by molar-refractivity contribution is 6.12. The molecule has 0 aliphatic carbocycles. The SMILES string of the molecule is Cc1ccc(NC(=O)c2cc(C)ccc2NC(=O)c2ccc(CNC3=NCCN3)cc2)nc1. The van der Waals surface area contributed by atoms with Gasteiger partial charge in [0.25, 0.3) is 11.8 Å². The molecule has 1 aliphatic heterocycles. The Balaban J connectivity index is 1.44. The standard InChI is InChI=1S/C25H26N6O2/c1-16-3-9-21(20(13-16)24(33)31-22-10-4-17(2)14-28-22)30-23(32)19-7-5-18(6-8-19)15-29-25-26-11-12-27-25/h3-10,13-14H,11-12,15H2,1-2H3,(H,30,32)(H2,26,27,29)(H,28,31,33). The van der Waals surface area contributed by atoms with Crippen LogP contribution in [0.3, 0.4) is 0 Å². The van der Waals surface area contributed by atoms with Gasteiger partial charge in [-0.3, -0.25) is 14.6 Å². The third-order valence-electron chi connectivity index (χ3n) is 5.17. The van der Waals surface area contributed by atoms with E-state index in [1.807, 2.05) is 38.1 Å². The van der Waals surface area contributed by atoms with Gasteiger partial charge in [-0.05, 0) is 55.3 Å². The molecule has 4 N–H and O–H groups in total. The van der Waals surface area contributed by atoms with E-state index < -0.39 is 0 Å². The fourth-order valence-electron chi connectivity index (χ4n) is 3.35. The predicted octanol–water partition coefficient (Wildman–Crippen LogP) is 3.25. The van der Waals surface area contributed by atoms with Crippen LogP contribution in [-0.2, 0) is 6.54 Å². The van der Waals surface area contributed by atoms with E-state index in [1.165, 1.54) is 0 Å². The number of pyridine rings is 1. The lowest BCUT2D eigenvalue weighted by molar-refractivity contribution is 0.102. The molecule has 0 saturated carbocycles. The lowest BCUT2D eigenvalue weighted by Gasteiger charge is -2.13. The molecule has 0 radical (unpaired) electrons. The summed E-state index contributed by atoms with van der Waals surface area (Å²) in [5.41, 5.74) is 4.25. The van der Waals surface area contributed by atoms with Gasteiger partial charge in [0.2, 0.25) is 0 Å². The third kappa shape index (κ3) is 5.74. The van der Waals surface area contributed by atoms with E-state index in [2.05, 4.69) is 31.2 Å². The number of aromatic nitrogens is 1. The summed E-state index contributed by atoms with van der Waals surface area (Å²) in [6.45, 7) is 6.07. The average Bonchev–Trinajstić information content (AvgIpc) is 3.34. The summed E-state index contributed by atoms with van der Waals surface area (Å²) in [6, 6.07) is 16.3. The van der Waals surface area contributed by atoms with Crippen LogP contribution in [0.5, 0.6) is 0 Å². The molecule has 1 aliphatic rings. The Morgan fingerprint density at radius 1 is 0.939 bits per heavy atom. The van der Waals surface area contributed by atoms with Crippen molar-refractivity contribution in [3.63, 3.8) is 0 Å². The highest BCUT2D eigenvalue weighted by atomic mass is 16.2. The van der Waals surface area contributed by atoms with Crippen molar-refractivity contribution in [2.24, 2.45) is 4.99 Å². The van der Waals surface area contributed by atoms with Crippen molar-refractivity contribution in [1.29, 1.82) is 0 Å². The second-order valence-electron chi connectivity index (χ2n) is 7.89. The quantitative estimate of drug-likeness (QED) is 0.469. The van der Waals surface area contributed by atoms with Crippen molar-refractivity contribution >= 4 is 29.3 Å². The van der Waals surface area contributed by atoms with Crippen LogP contribution in [-0.4, -0.2) is 35.8 Å². The van der Waals surface area contributed by atoms with Gasteiger partial charge in [0.1, 0.15) is 5.82 Å². The predicted molar refractivity (Wildman–Crippen MR) is 130 cm³/mol. The fourth-order valence-corrected chi connectivity index (χ4v) is 3.35. The molecular weight excluding hydrogens is 416 g/mol. The van der Waals surface area contributed by atoms with Gasteiger partial charge in [0, 0.05) is 24.8 Å². The molecule has 0 saturated heterocycles. The second-order valence-corrected chi connectivity index (χ2v) is 7.89. The minimum Gasteiger partial charge on any atom is -0.355 e. The molecular formula is C25H26N6O2. The monoisotopic (exact) mass is 442 g/mol. The van der Waals surface area contributed by atoms with Crippen LogP contribution >= 0.6 is 0 Å². The smallest absolute Gasteiger partial charge is 0.258 e. The normalized spacial score (nSPS) is 12.5. The van der Waals surface area contributed by atoms with E-state index in [4.69, 9.17) is 0 Å². The van der Waals surface area contributed by atoms with Crippen LogP contribution in [0.1, 0.15) is 37.4 Å². The number of aryl methyl sites for hydroxylation is 2. The summed E-state index contributed by atoms with van der Waals surface area (Å²) in [5, 5.41) is 12.0. The van der Waals surface area contributed by atoms with Crippen molar-refractivity contribution in [2.75, 3.05) is 23.7 Å². The van der Waals surface area contributed by atoms with Gasteiger partial charge in [-0.1, -0.05) is 29.8 Å². The van der Waals surface area contributed by atoms with Gasteiger partial charge in [-0.2, -0.15) is 0 Å².